The molecule has 3 saturated heterocycles. The van der Waals surface area contributed by atoms with Crippen molar-refractivity contribution in [1.82, 2.24) is 14.7 Å². The number of likely N-dealkylation sites (tertiary alicyclic amines) is 3. The van der Waals surface area contributed by atoms with Crippen molar-refractivity contribution in [2.75, 3.05) is 32.7 Å². The average Bonchev–Trinajstić information content (AvgIpc) is 3.40. The molecule has 3 heterocycles. The van der Waals surface area contributed by atoms with Crippen LogP contribution in [0, 0.1) is 0 Å². The summed E-state index contributed by atoms with van der Waals surface area (Å²) in [5.41, 5.74) is 0.658. The molecule has 6 heteroatoms. The van der Waals surface area contributed by atoms with Gasteiger partial charge in [0.05, 0.1) is 0 Å². The second kappa shape index (κ2) is 8.31. The lowest BCUT2D eigenvalue weighted by Gasteiger charge is -2.38. The molecule has 146 valence electrons. The van der Waals surface area contributed by atoms with Gasteiger partial charge in [-0.25, -0.2) is 0 Å². The van der Waals surface area contributed by atoms with Gasteiger partial charge >= 0.3 is 0 Å². The molecule has 1 aromatic carbocycles. The van der Waals surface area contributed by atoms with E-state index < -0.39 is 0 Å². The SMILES string of the molecule is O=C(C1CCCN1C(=O)c1ccc(Br)cc1)N1CCC(N2CCCC2)CC1. The second-order valence-corrected chi connectivity index (χ2v) is 8.88. The predicted octanol–water partition coefficient (Wildman–Crippen LogP) is 3.14. The van der Waals surface area contributed by atoms with Crippen molar-refractivity contribution in [3.8, 4) is 0 Å². The van der Waals surface area contributed by atoms with Crippen LogP contribution in [0.4, 0.5) is 0 Å². The number of carbonyl (C=O) groups excluding carboxylic acids is 2. The Hall–Kier alpha value is -1.40. The number of rotatable bonds is 3. The molecule has 2 amide bonds. The van der Waals surface area contributed by atoms with Crippen molar-refractivity contribution in [3.05, 3.63) is 34.3 Å². The van der Waals surface area contributed by atoms with Crippen LogP contribution in [0.2, 0.25) is 0 Å². The average molecular weight is 434 g/mol. The van der Waals surface area contributed by atoms with Gasteiger partial charge < -0.3 is 14.7 Å². The molecule has 1 aromatic rings. The van der Waals surface area contributed by atoms with Crippen molar-refractivity contribution >= 4 is 27.7 Å². The number of carbonyl (C=O) groups is 2. The van der Waals surface area contributed by atoms with E-state index in [1.54, 1.807) is 4.90 Å². The fourth-order valence-electron chi connectivity index (χ4n) is 4.79. The highest BCUT2D eigenvalue weighted by atomic mass is 79.9. The largest absolute Gasteiger partial charge is 0.341 e. The number of halogens is 1. The molecule has 0 spiro atoms. The van der Waals surface area contributed by atoms with E-state index >= 15 is 0 Å². The molecule has 27 heavy (non-hydrogen) atoms. The molecule has 4 rings (SSSR count). The summed E-state index contributed by atoms with van der Waals surface area (Å²) in [6, 6.07) is 7.76. The maximum Gasteiger partial charge on any atom is 0.254 e. The normalized spacial score (nSPS) is 24.6. The zero-order valence-electron chi connectivity index (χ0n) is 15.8. The standard InChI is InChI=1S/C21H28BrN3O2/c22-17-7-5-16(6-8-17)20(26)25-13-3-4-19(25)21(27)24-14-9-18(10-15-24)23-11-1-2-12-23/h5-8,18-19H,1-4,9-15H2. The third-order valence-electron chi connectivity index (χ3n) is 6.32. The Bertz CT molecular complexity index is 679. The topological polar surface area (TPSA) is 43.9 Å². The first-order valence-electron chi connectivity index (χ1n) is 10.2. The molecule has 3 aliphatic heterocycles. The van der Waals surface area contributed by atoms with Gasteiger partial charge in [-0.15, -0.1) is 0 Å². The van der Waals surface area contributed by atoms with Crippen LogP contribution in [-0.2, 0) is 4.79 Å². The Kier molecular flexibility index (Phi) is 5.83. The lowest BCUT2D eigenvalue weighted by atomic mass is 10.0. The van der Waals surface area contributed by atoms with Crippen LogP contribution in [0.5, 0.6) is 0 Å². The highest BCUT2D eigenvalue weighted by Crippen LogP contribution is 2.26. The minimum Gasteiger partial charge on any atom is -0.341 e. The van der Waals surface area contributed by atoms with Crippen molar-refractivity contribution in [2.24, 2.45) is 0 Å². The Balaban J connectivity index is 1.37. The first kappa shape index (κ1) is 18.9. The van der Waals surface area contributed by atoms with E-state index in [1.165, 1.54) is 25.9 Å². The van der Waals surface area contributed by atoms with Gasteiger partial charge in [-0.05, 0) is 75.9 Å². The fourth-order valence-corrected chi connectivity index (χ4v) is 5.06. The zero-order valence-corrected chi connectivity index (χ0v) is 17.4. The van der Waals surface area contributed by atoms with E-state index in [-0.39, 0.29) is 17.9 Å². The molecular formula is C21H28BrN3O2. The van der Waals surface area contributed by atoms with Gasteiger partial charge in [0.2, 0.25) is 5.91 Å². The summed E-state index contributed by atoms with van der Waals surface area (Å²) in [6.07, 6.45) is 6.46. The molecule has 0 radical (unpaired) electrons. The zero-order chi connectivity index (χ0) is 18.8. The minimum atomic E-state index is -0.288. The molecule has 0 bridgehead atoms. The fraction of sp³-hybridized carbons (Fsp3) is 0.619. The molecule has 1 unspecified atom stereocenters. The molecule has 0 N–H and O–H groups in total. The Morgan fingerprint density at radius 3 is 2.19 bits per heavy atom. The van der Waals surface area contributed by atoms with Crippen LogP contribution < -0.4 is 0 Å². The molecule has 0 aromatic heterocycles. The van der Waals surface area contributed by atoms with Gasteiger partial charge in [-0.3, -0.25) is 9.59 Å². The molecule has 0 aliphatic carbocycles. The van der Waals surface area contributed by atoms with Gasteiger partial charge in [0, 0.05) is 35.7 Å². The van der Waals surface area contributed by atoms with Gasteiger partial charge in [0.25, 0.3) is 5.91 Å². The maximum atomic E-state index is 13.1. The van der Waals surface area contributed by atoms with E-state index in [1.807, 2.05) is 29.2 Å². The summed E-state index contributed by atoms with van der Waals surface area (Å²) in [5.74, 6) is 0.128. The monoisotopic (exact) mass is 433 g/mol. The summed E-state index contributed by atoms with van der Waals surface area (Å²) >= 11 is 3.41. The maximum absolute atomic E-state index is 13.1. The number of benzene rings is 1. The van der Waals surface area contributed by atoms with Gasteiger partial charge in [-0.2, -0.15) is 0 Å². The third-order valence-corrected chi connectivity index (χ3v) is 6.85. The summed E-state index contributed by atoms with van der Waals surface area (Å²) in [7, 11) is 0. The predicted molar refractivity (Wildman–Crippen MR) is 109 cm³/mol. The van der Waals surface area contributed by atoms with E-state index in [4.69, 9.17) is 0 Å². The highest BCUT2D eigenvalue weighted by Gasteiger charge is 2.38. The number of hydrogen-bond donors (Lipinski definition) is 0. The van der Waals surface area contributed by atoms with Crippen LogP contribution >= 0.6 is 15.9 Å². The summed E-state index contributed by atoms with van der Waals surface area (Å²) < 4.78 is 0.953. The van der Waals surface area contributed by atoms with Crippen LogP contribution in [0.15, 0.2) is 28.7 Å². The molecule has 5 nitrogen and oxygen atoms in total. The summed E-state index contributed by atoms with van der Waals surface area (Å²) in [5, 5.41) is 0. The van der Waals surface area contributed by atoms with Crippen molar-refractivity contribution in [2.45, 2.75) is 50.6 Å². The van der Waals surface area contributed by atoms with E-state index in [0.29, 0.717) is 18.2 Å². The number of hydrogen-bond acceptors (Lipinski definition) is 3. The van der Waals surface area contributed by atoms with Crippen LogP contribution in [0.3, 0.4) is 0 Å². The number of piperidine rings is 1. The number of nitrogens with zero attached hydrogens (tertiary/aromatic N) is 3. The quantitative estimate of drug-likeness (QED) is 0.735. The number of amides is 2. The van der Waals surface area contributed by atoms with E-state index in [0.717, 1.165) is 43.2 Å². The van der Waals surface area contributed by atoms with Gasteiger partial charge in [-0.1, -0.05) is 15.9 Å². The molecular weight excluding hydrogens is 406 g/mol. The minimum absolute atomic E-state index is 0.0229. The lowest BCUT2D eigenvalue weighted by molar-refractivity contribution is -0.136. The highest BCUT2D eigenvalue weighted by molar-refractivity contribution is 9.10. The van der Waals surface area contributed by atoms with Crippen LogP contribution in [0.1, 0.15) is 48.9 Å². The van der Waals surface area contributed by atoms with Crippen LogP contribution in [0.25, 0.3) is 0 Å². The van der Waals surface area contributed by atoms with Gasteiger partial charge in [0.1, 0.15) is 6.04 Å². The Morgan fingerprint density at radius 2 is 1.52 bits per heavy atom. The third kappa shape index (κ3) is 4.06. The second-order valence-electron chi connectivity index (χ2n) is 7.96. The first-order valence-corrected chi connectivity index (χ1v) is 11.0. The van der Waals surface area contributed by atoms with Crippen molar-refractivity contribution in [1.29, 1.82) is 0 Å². The van der Waals surface area contributed by atoms with Crippen molar-refractivity contribution < 1.29 is 9.59 Å². The molecule has 3 aliphatic rings. The summed E-state index contributed by atoms with van der Waals surface area (Å²) in [6.45, 7) is 4.77. The summed E-state index contributed by atoms with van der Waals surface area (Å²) in [4.78, 5) is 32.4. The lowest BCUT2D eigenvalue weighted by Crippen LogP contribution is -2.52. The smallest absolute Gasteiger partial charge is 0.254 e. The Morgan fingerprint density at radius 1 is 0.852 bits per heavy atom. The van der Waals surface area contributed by atoms with E-state index in [2.05, 4.69) is 20.8 Å². The molecule has 3 fully saturated rings. The van der Waals surface area contributed by atoms with E-state index in [9.17, 15) is 9.59 Å². The molecule has 1 atom stereocenters. The Labute approximate surface area is 169 Å². The van der Waals surface area contributed by atoms with Gasteiger partial charge in [0.15, 0.2) is 0 Å². The van der Waals surface area contributed by atoms with Crippen molar-refractivity contribution in [3.63, 3.8) is 0 Å². The van der Waals surface area contributed by atoms with Crippen LogP contribution in [-0.4, -0.2) is 71.3 Å². The first-order chi connectivity index (χ1) is 13.1. The molecule has 0 saturated carbocycles.